The van der Waals surface area contributed by atoms with Crippen LogP contribution in [0.3, 0.4) is 0 Å². The maximum atomic E-state index is 6.52. The number of aliphatic imine (C=N–C) groups is 2. The number of nitrogens with one attached hydrogen (secondary N) is 1. The van der Waals surface area contributed by atoms with E-state index in [9.17, 15) is 0 Å². The number of benzene rings is 9. The topological polar surface area (TPSA) is 49.9 Å². The number of amidine groups is 2. The third-order valence-electron chi connectivity index (χ3n) is 10.9. The van der Waals surface area contributed by atoms with Gasteiger partial charge in [-0.3, -0.25) is 0 Å². The highest BCUT2D eigenvalue weighted by atomic mass is 16.3. The van der Waals surface area contributed by atoms with Crippen LogP contribution in [0.2, 0.25) is 0 Å². The first-order chi connectivity index (χ1) is 27.2. The van der Waals surface area contributed by atoms with E-state index in [1.807, 2.05) is 24.3 Å². The standard InChI is InChI=1S/C51H33N3O/c1-3-12-32(13-4-1)33-22-24-35(25-23-33)50-52-49(34-14-5-2-6-15-34)53-51(54-50)43-20-11-21-47-48(43)45-31-37(27-29-46(45)55-47)36-26-28-42-40-18-8-7-16-38(40)39-17-9-10-19-41(39)44(42)30-36/h1-31,49H,(H,52,53,54). The van der Waals surface area contributed by atoms with Crippen molar-refractivity contribution >= 4 is 65.9 Å². The molecule has 1 aliphatic heterocycles. The Morgan fingerprint density at radius 1 is 0.400 bits per heavy atom. The molecule has 0 bridgehead atoms. The minimum Gasteiger partial charge on any atom is -0.456 e. The Bertz CT molecular complexity index is 3120. The molecule has 1 aromatic heterocycles. The Morgan fingerprint density at radius 3 is 1.65 bits per heavy atom. The van der Waals surface area contributed by atoms with Crippen LogP contribution in [0.15, 0.2) is 202 Å². The van der Waals surface area contributed by atoms with Gasteiger partial charge in [-0.2, -0.15) is 0 Å². The van der Waals surface area contributed by atoms with Crippen LogP contribution in [0.4, 0.5) is 0 Å². The van der Waals surface area contributed by atoms with Crippen LogP contribution < -0.4 is 5.32 Å². The quantitative estimate of drug-likeness (QED) is 0.181. The summed E-state index contributed by atoms with van der Waals surface area (Å²) in [6.07, 6.45) is -0.315. The molecule has 1 atom stereocenters. The summed E-state index contributed by atoms with van der Waals surface area (Å²) in [5, 5.41) is 13.4. The zero-order chi connectivity index (χ0) is 36.3. The second-order valence-electron chi connectivity index (χ2n) is 14.2. The normalized spacial score (nSPS) is 14.4. The van der Waals surface area contributed by atoms with Crippen LogP contribution in [-0.2, 0) is 0 Å². The summed E-state index contributed by atoms with van der Waals surface area (Å²) in [7, 11) is 0. The van der Waals surface area contributed by atoms with Crippen molar-refractivity contribution in [3.05, 3.63) is 205 Å². The fraction of sp³-hybridized carbons (Fsp3) is 0.0196. The van der Waals surface area contributed by atoms with Gasteiger partial charge in [0.05, 0.1) is 0 Å². The average Bonchev–Trinajstić information content (AvgIpc) is 3.65. The van der Waals surface area contributed by atoms with E-state index < -0.39 is 0 Å². The van der Waals surface area contributed by atoms with Crippen molar-refractivity contribution in [1.82, 2.24) is 5.32 Å². The Kier molecular flexibility index (Phi) is 7.20. The minimum absolute atomic E-state index is 0.315. The summed E-state index contributed by atoms with van der Waals surface area (Å²) in [5.41, 5.74) is 9.27. The van der Waals surface area contributed by atoms with Crippen LogP contribution in [-0.4, -0.2) is 11.7 Å². The molecular weight excluding hydrogens is 671 g/mol. The van der Waals surface area contributed by atoms with E-state index in [-0.39, 0.29) is 6.17 Å². The third-order valence-corrected chi connectivity index (χ3v) is 10.9. The Labute approximate surface area is 317 Å². The van der Waals surface area contributed by atoms with Crippen molar-refractivity contribution in [3.63, 3.8) is 0 Å². The van der Waals surface area contributed by atoms with Gasteiger partial charge in [-0.25, -0.2) is 9.98 Å². The average molecular weight is 704 g/mol. The van der Waals surface area contributed by atoms with Crippen molar-refractivity contribution in [2.24, 2.45) is 9.98 Å². The highest BCUT2D eigenvalue weighted by molar-refractivity contribution is 6.26. The van der Waals surface area contributed by atoms with Crippen molar-refractivity contribution in [2.75, 3.05) is 0 Å². The molecule has 0 saturated heterocycles. The molecule has 0 radical (unpaired) electrons. The number of hydrogen-bond donors (Lipinski definition) is 1. The smallest absolute Gasteiger partial charge is 0.159 e. The van der Waals surface area contributed by atoms with E-state index in [2.05, 4.69) is 169 Å². The summed E-state index contributed by atoms with van der Waals surface area (Å²) in [4.78, 5) is 10.4. The Balaban J connectivity index is 1.05. The Morgan fingerprint density at radius 2 is 0.945 bits per heavy atom. The number of hydrogen-bond acceptors (Lipinski definition) is 4. The van der Waals surface area contributed by atoms with Crippen LogP contribution in [0, 0.1) is 0 Å². The third kappa shape index (κ3) is 5.30. The van der Waals surface area contributed by atoms with Gasteiger partial charge in [-0.15, -0.1) is 0 Å². The molecule has 1 unspecified atom stereocenters. The van der Waals surface area contributed by atoms with Gasteiger partial charge in [-0.1, -0.05) is 164 Å². The molecule has 4 nitrogen and oxygen atoms in total. The van der Waals surface area contributed by atoms with Gasteiger partial charge in [0.2, 0.25) is 0 Å². The van der Waals surface area contributed by atoms with E-state index in [1.54, 1.807) is 0 Å². The number of nitrogens with zero attached hydrogens (tertiary/aromatic N) is 2. The number of fused-ring (bicyclic) bond motifs is 9. The van der Waals surface area contributed by atoms with E-state index in [0.29, 0.717) is 5.84 Å². The van der Waals surface area contributed by atoms with Gasteiger partial charge in [0.15, 0.2) is 5.84 Å². The molecule has 0 fully saturated rings. The first kappa shape index (κ1) is 31.2. The van der Waals surface area contributed by atoms with Gasteiger partial charge >= 0.3 is 0 Å². The molecule has 10 aromatic rings. The lowest BCUT2D eigenvalue weighted by Gasteiger charge is -2.24. The van der Waals surface area contributed by atoms with Gasteiger partial charge < -0.3 is 9.73 Å². The lowest BCUT2D eigenvalue weighted by molar-refractivity contribution is 0.668. The van der Waals surface area contributed by atoms with Crippen LogP contribution in [0.25, 0.3) is 76.5 Å². The molecule has 11 rings (SSSR count). The monoisotopic (exact) mass is 703 g/mol. The highest BCUT2D eigenvalue weighted by Gasteiger charge is 2.24. The molecule has 258 valence electrons. The van der Waals surface area contributed by atoms with Gasteiger partial charge in [0.1, 0.15) is 23.2 Å². The lowest BCUT2D eigenvalue weighted by atomic mass is 9.92. The number of furan rings is 1. The molecule has 9 aromatic carbocycles. The first-order valence-electron chi connectivity index (χ1n) is 18.7. The van der Waals surface area contributed by atoms with Crippen molar-refractivity contribution in [1.29, 1.82) is 0 Å². The molecule has 4 heteroatoms. The summed E-state index contributed by atoms with van der Waals surface area (Å²) < 4.78 is 6.52. The highest BCUT2D eigenvalue weighted by Crippen LogP contribution is 2.39. The molecule has 0 aliphatic carbocycles. The van der Waals surface area contributed by atoms with Crippen LogP contribution >= 0.6 is 0 Å². The van der Waals surface area contributed by atoms with Crippen LogP contribution in [0.5, 0.6) is 0 Å². The molecule has 55 heavy (non-hydrogen) atoms. The summed E-state index contributed by atoms with van der Waals surface area (Å²) in [6, 6.07) is 66.4. The largest absolute Gasteiger partial charge is 0.456 e. The minimum atomic E-state index is -0.315. The van der Waals surface area contributed by atoms with Crippen molar-refractivity contribution < 1.29 is 4.42 Å². The SMILES string of the molecule is c1ccc(-c2ccc(C3=NC(c4ccccc4)NC(c4cccc5oc6ccc(-c7ccc8c9ccccc9c9ccccc9c8c7)cc6c45)=N3)cc2)cc1. The van der Waals surface area contributed by atoms with E-state index >= 15 is 0 Å². The van der Waals surface area contributed by atoms with Crippen molar-refractivity contribution in [2.45, 2.75) is 6.17 Å². The van der Waals surface area contributed by atoms with E-state index in [4.69, 9.17) is 14.4 Å². The summed E-state index contributed by atoms with van der Waals surface area (Å²) in [6.45, 7) is 0. The predicted molar refractivity (Wildman–Crippen MR) is 229 cm³/mol. The molecule has 0 saturated carbocycles. The second-order valence-corrected chi connectivity index (χ2v) is 14.2. The zero-order valence-corrected chi connectivity index (χ0v) is 29.8. The van der Waals surface area contributed by atoms with E-state index in [1.165, 1.54) is 37.9 Å². The van der Waals surface area contributed by atoms with Gasteiger partial charge in [0.25, 0.3) is 0 Å². The maximum Gasteiger partial charge on any atom is 0.159 e. The van der Waals surface area contributed by atoms with Crippen LogP contribution in [0.1, 0.15) is 22.9 Å². The molecule has 1 N–H and O–H groups in total. The Hall–Kier alpha value is -7.30. The maximum absolute atomic E-state index is 6.52. The molecule has 0 spiro atoms. The first-order valence-corrected chi connectivity index (χ1v) is 18.7. The van der Waals surface area contributed by atoms with E-state index in [0.717, 1.165) is 61.2 Å². The van der Waals surface area contributed by atoms with Gasteiger partial charge in [-0.05, 0) is 84.4 Å². The fourth-order valence-electron chi connectivity index (χ4n) is 8.25. The second kappa shape index (κ2) is 12.7. The molecule has 0 amide bonds. The molecule has 1 aliphatic rings. The summed E-state index contributed by atoms with van der Waals surface area (Å²) in [5.74, 6) is 1.44. The predicted octanol–water partition coefficient (Wildman–Crippen LogP) is 12.9. The zero-order valence-electron chi connectivity index (χ0n) is 29.8. The lowest BCUT2D eigenvalue weighted by Crippen LogP contribution is -2.33. The number of rotatable bonds is 5. The molecule has 2 heterocycles. The van der Waals surface area contributed by atoms with Crippen molar-refractivity contribution in [3.8, 4) is 22.3 Å². The van der Waals surface area contributed by atoms with Gasteiger partial charge in [0, 0.05) is 21.9 Å². The summed E-state index contributed by atoms with van der Waals surface area (Å²) >= 11 is 0. The molecular formula is C51H33N3O. The fourth-order valence-corrected chi connectivity index (χ4v) is 8.25.